The summed E-state index contributed by atoms with van der Waals surface area (Å²) in [4.78, 5) is 21.2. The van der Waals surface area contributed by atoms with E-state index in [1.54, 1.807) is 11.4 Å². The van der Waals surface area contributed by atoms with Gasteiger partial charge in [0.15, 0.2) is 0 Å². The molecule has 1 rings (SSSR count). The first-order valence-corrected chi connectivity index (χ1v) is 4.76. The molecule has 0 aliphatic rings. The van der Waals surface area contributed by atoms with Gasteiger partial charge in [0.1, 0.15) is 0 Å². The lowest BCUT2D eigenvalue weighted by Gasteiger charge is -2.07. The van der Waals surface area contributed by atoms with Gasteiger partial charge in [0.05, 0.1) is 11.7 Å². The van der Waals surface area contributed by atoms with Crippen molar-refractivity contribution < 1.29 is 14.7 Å². The first-order valence-electron chi connectivity index (χ1n) is 3.82. The molecule has 0 spiro atoms. The molecule has 0 aromatic carbocycles. The average Bonchev–Trinajstić information content (AvgIpc) is 2.54. The number of carboxylic acid groups (broad SMARTS) is 1. The van der Waals surface area contributed by atoms with Crippen molar-refractivity contribution >= 4 is 29.3 Å². The molecule has 0 radical (unpaired) electrons. The Morgan fingerprint density at radius 3 is 2.71 bits per heavy atom. The van der Waals surface area contributed by atoms with Gasteiger partial charge in [-0.1, -0.05) is 0 Å². The number of carbonyl (C=O) groups is 2. The molecule has 0 bridgehead atoms. The van der Waals surface area contributed by atoms with E-state index in [4.69, 9.17) is 0 Å². The van der Waals surface area contributed by atoms with Gasteiger partial charge in [-0.25, -0.2) is 0 Å². The summed E-state index contributed by atoms with van der Waals surface area (Å²) in [6.07, 6.45) is 1.35. The summed E-state index contributed by atoms with van der Waals surface area (Å²) in [5.74, 6) is -1.83. The average molecular weight is 210 g/mol. The van der Waals surface area contributed by atoms with Crippen LogP contribution in [0.2, 0.25) is 0 Å². The number of hydrogen-bond acceptors (Lipinski definition) is 4. The van der Waals surface area contributed by atoms with Crippen LogP contribution in [0.1, 0.15) is 12.5 Å². The zero-order chi connectivity index (χ0) is 10.6. The third-order valence-electron chi connectivity index (χ3n) is 1.38. The van der Waals surface area contributed by atoms with Crippen molar-refractivity contribution in [2.75, 3.05) is 0 Å². The number of nitrogens with one attached hydrogen (secondary N) is 1. The number of carbonyl (C=O) groups excluding carboxylic acids is 2. The van der Waals surface area contributed by atoms with Crippen LogP contribution >= 0.6 is 11.3 Å². The molecular formula is C9H8NO3S-. The number of hydrogen-bond donors (Lipinski definition) is 1. The van der Waals surface area contributed by atoms with E-state index in [1.807, 2.05) is 5.38 Å². The van der Waals surface area contributed by atoms with Crippen LogP contribution in [0.4, 0.5) is 0 Å². The Labute approximate surface area is 84.9 Å². The van der Waals surface area contributed by atoms with E-state index in [1.165, 1.54) is 24.3 Å². The smallest absolute Gasteiger partial charge is 0.221 e. The predicted octanol–water partition coefficient (Wildman–Crippen LogP) is -0.0250. The van der Waals surface area contributed by atoms with Gasteiger partial charge in [0.25, 0.3) is 0 Å². The topological polar surface area (TPSA) is 69.2 Å². The normalized spacial score (nSPS) is 11.1. The molecule has 0 aliphatic heterocycles. The Morgan fingerprint density at radius 1 is 1.57 bits per heavy atom. The fraction of sp³-hybridized carbons (Fsp3) is 0.111. The molecule has 14 heavy (non-hydrogen) atoms. The molecule has 0 saturated carbocycles. The molecule has 4 nitrogen and oxygen atoms in total. The number of amides is 1. The van der Waals surface area contributed by atoms with E-state index in [0.29, 0.717) is 0 Å². The second-order valence-electron chi connectivity index (χ2n) is 2.58. The third-order valence-corrected chi connectivity index (χ3v) is 2.09. The van der Waals surface area contributed by atoms with E-state index in [9.17, 15) is 14.7 Å². The first-order chi connectivity index (χ1) is 6.59. The lowest BCUT2D eigenvalue weighted by Crippen LogP contribution is -2.34. The first kappa shape index (κ1) is 10.5. The van der Waals surface area contributed by atoms with E-state index in [-0.39, 0.29) is 5.70 Å². The summed E-state index contributed by atoms with van der Waals surface area (Å²) in [5.41, 5.74) is 0.499. The van der Waals surface area contributed by atoms with Gasteiger partial charge < -0.3 is 15.2 Å². The Kier molecular flexibility index (Phi) is 3.41. The minimum Gasteiger partial charge on any atom is -0.543 e. The summed E-state index contributed by atoms with van der Waals surface area (Å²) in [7, 11) is 0. The van der Waals surface area contributed by atoms with E-state index >= 15 is 0 Å². The number of rotatable bonds is 3. The summed E-state index contributed by atoms with van der Waals surface area (Å²) in [6.45, 7) is 1.24. The van der Waals surface area contributed by atoms with Crippen molar-refractivity contribution in [1.82, 2.24) is 5.32 Å². The van der Waals surface area contributed by atoms with Crippen LogP contribution < -0.4 is 10.4 Å². The van der Waals surface area contributed by atoms with Crippen molar-refractivity contribution in [3.05, 3.63) is 28.1 Å². The van der Waals surface area contributed by atoms with Crippen LogP contribution in [-0.4, -0.2) is 11.9 Å². The third kappa shape index (κ3) is 3.02. The predicted molar refractivity (Wildman–Crippen MR) is 51.1 cm³/mol. The molecule has 0 unspecified atom stereocenters. The van der Waals surface area contributed by atoms with Gasteiger partial charge in [-0.3, -0.25) is 4.79 Å². The highest BCUT2D eigenvalue weighted by Gasteiger charge is 2.00. The van der Waals surface area contributed by atoms with Gasteiger partial charge in [-0.15, -0.1) is 0 Å². The van der Waals surface area contributed by atoms with Crippen molar-refractivity contribution in [2.45, 2.75) is 6.92 Å². The lowest BCUT2D eigenvalue weighted by molar-refractivity contribution is -0.299. The highest BCUT2D eigenvalue weighted by atomic mass is 32.1. The van der Waals surface area contributed by atoms with Crippen LogP contribution in [0.3, 0.4) is 0 Å². The highest BCUT2D eigenvalue weighted by Crippen LogP contribution is 2.09. The molecule has 0 fully saturated rings. The maximum absolute atomic E-state index is 10.6. The van der Waals surface area contributed by atoms with Crippen LogP contribution in [0.25, 0.3) is 6.08 Å². The van der Waals surface area contributed by atoms with Crippen LogP contribution in [0.5, 0.6) is 0 Å². The number of thiophene rings is 1. The largest absolute Gasteiger partial charge is 0.543 e. The Hall–Kier alpha value is -1.62. The molecule has 0 atom stereocenters. The van der Waals surface area contributed by atoms with Crippen molar-refractivity contribution in [1.29, 1.82) is 0 Å². The second-order valence-corrected chi connectivity index (χ2v) is 3.36. The SMILES string of the molecule is CC(=O)N/C(=C\c1ccsc1)C(=O)[O-]. The van der Waals surface area contributed by atoms with Crippen molar-refractivity contribution in [3.8, 4) is 0 Å². The Balaban J connectivity index is 2.88. The minimum absolute atomic E-state index is 0.226. The monoisotopic (exact) mass is 210 g/mol. The molecule has 1 aromatic heterocycles. The van der Waals surface area contributed by atoms with Gasteiger partial charge >= 0.3 is 0 Å². The zero-order valence-corrected chi connectivity index (χ0v) is 8.26. The summed E-state index contributed by atoms with van der Waals surface area (Å²) >= 11 is 1.44. The van der Waals surface area contributed by atoms with Crippen LogP contribution in [0, 0.1) is 0 Å². The lowest BCUT2D eigenvalue weighted by atomic mass is 10.2. The Morgan fingerprint density at radius 2 is 2.29 bits per heavy atom. The van der Waals surface area contributed by atoms with E-state index in [2.05, 4.69) is 5.32 Å². The standard InChI is InChI=1S/C9H9NO3S/c1-6(11)10-8(9(12)13)4-7-2-3-14-5-7/h2-5H,1H3,(H,10,11)(H,12,13)/p-1/b8-4-. The highest BCUT2D eigenvalue weighted by molar-refractivity contribution is 7.08. The zero-order valence-electron chi connectivity index (χ0n) is 7.44. The second kappa shape index (κ2) is 4.57. The summed E-state index contributed by atoms with van der Waals surface area (Å²) < 4.78 is 0. The van der Waals surface area contributed by atoms with Gasteiger partial charge in [-0.05, 0) is 28.5 Å². The summed E-state index contributed by atoms with van der Waals surface area (Å²) in [5, 5.41) is 16.3. The maximum Gasteiger partial charge on any atom is 0.221 e. The van der Waals surface area contributed by atoms with Gasteiger partial charge in [0, 0.05) is 6.92 Å². The molecule has 0 aliphatic carbocycles. The minimum atomic E-state index is -1.40. The van der Waals surface area contributed by atoms with Crippen molar-refractivity contribution in [3.63, 3.8) is 0 Å². The number of aliphatic carboxylic acids is 1. The molecule has 0 saturated heterocycles. The van der Waals surface area contributed by atoms with Crippen LogP contribution in [0.15, 0.2) is 22.5 Å². The molecular weight excluding hydrogens is 202 g/mol. The van der Waals surface area contributed by atoms with E-state index < -0.39 is 11.9 Å². The fourth-order valence-electron chi connectivity index (χ4n) is 0.859. The Bertz CT molecular complexity index is 367. The maximum atomic E-state index is 10.6. The van der Waals surface area contributed by atoms with Crippen molar-refractivity contribution in [2.24, 2.45) is 0 Å². The molecule has 1 N–H and O–H groups in total. The van der Waals surface area contributed by atoms with Gasteiger partial charge in [0.2, 0.25) is 5.91 Å². The van der Waals surface area contributed by atoms with Gasteiger partial charge in [-0.2, -0.15) is 11.3 Å². The molecule has 1 aromatic rings. The van der Waals surface area contributed by atoms with E-state index in [0.717, 1.165) is 5.56 Å². The molecule has 1 amide bonds. The fourth-order valence-corrected chi connectivity index (χ4v) is 1.48. The quantitative estimate of drug-likeness (QED) is 0.712. The number of carboxylic acids is 1. The molecule has 1 heterocycles. The molecule has 74 valence electrons. The summed E-state index contributed by atoms with van der Waals surface area (Å²) in [6, 6.07) is 1.75. The van der Waals surface area contributed by atoms with Crippen LogP contribution in [-0.2, 0) is 9.59 Å². The molecule has 5 heteroatoms.